The van der Waals surface area contributed by atoms with Crippen LogP contribution in [0.2, 0.25) is 0 Å². The minimum absolute atomic E-state index is 0. The molecule has 1 aliphatic heterocycles. The van der Waals surface area contributed by atoms with E-state index in [2.05, 4.69) is 17.6 Å². The number of rotatable bonds is 5. The van der Waals surface area contributed by atoms with Gasteiger partial charge in [0.15, 0.2) is 0 Å². The molecule has 2 N–H and O–H groups in total. The maximum Gasteiger partial charge on any atom is 0.265 e. The van der Waals surface area contributed by atoms with Crippen molar-refractivity contribution in [1.82, 2.24) is 10.6 Å². The number of hydrogen-bond acceptors (Lipinski definition) is 4. The van der Waals surface area contributed by atoms with E-state index in [0.29, 0.717) is 17.2 Å². The highest BCUT2D eigenvalue weighted by atomic mass is 35.5. The third-order valence-electron chi connectivity index (χ3n) is 4.67. The first-order chi connectivity index (χ1) is 11.6. The summed E-state index contributed by atoms with van der Waals surface area (Å²) in [7, 11) is 1.61. The number of methoxy groups -OCH3 is 1. The molecule has 0 spiro atoms. The molecular weight excluding hydrogens is 356 g/mol. The monoisotopic (exact) mass is 380 g/mol. The molecule has 0 unspecified atom stereocenters. The summed E-state index contributed by atoms with van der Waals surface area (Å²) in [6.07, 6.45) is 2.17. The summed E-state index contributed by atoms with van der Waals surface area (Å²) in [6, 6.07) is 12.0. The number of benzene rings is 1. The Labute approximate surface area is 159 Å². The van der Waals surface area contributed by atoms with Crippen molar-refractivity contribution in [2.45, 2.75) is 19.8 Å². The van der Waals surface area contributed by atoms with Gasteiger partial charge in [0.2, 0.25) is 0 Å². The van der Waals surface area contributed by atoms with Gasteiger partial charge in [-0.25, -0.2) is 0 Å². The summed E-state index contributed by atoms with van der Waals surface area (Å²) < 4.78 is 5.43. The van der Waals surface area contributed by atoms with Crippen molar-refractivity contribution >= 4 is 29.7 Å². The minimum Gasteiger partial charge on any atom is -0.495 e. The normalized spacial score (nSPS) is 15.9. The Hall–Kier alpha value is -1.56. The molecule has 1 amide bonds. The highest BCUT2D eigenvalue weighted by Gasteiger charge is 2.28. The highest BCUT2D eigenvalue weighted by molar-refractivity contribution is 7.17. The predicted octanol–water partition coefficient (Wildman–Crippen LogP) is 3.97. The molecule has 1 fully saturated rings. The first-order valence-electron chi connectivity index (χ1n) is 8.33. The third-order valence-corrected chi connectivity index (χ3v) is 5.83. The lowest BCUT2D eigenvalue weighted by Crippen LogP contribution is -2.42. The van der Waals surface area contributed by atoms with Crippen LogP contribution < -0.4 is 15.4 Å². The lowest BCUT2D eigenvalue weighted by Gasteiger charge is -2.34. The summed E-state index contributed by atoms with van der Waals surface area (Å²) in [5, 5.41) is 6.48. The van der Waals surface area contributed by atoms with Crippen LogP contribution in [0.1, 0.15) is 29.4 Å². The van der Waals surface area contributed by atoms with Crippen LogP contribution in [0, 0.1) is 5.41 Å². The largest absolute Gasteiger partial charge is 0.495 e. The van der Waals surface area contributed by atoms with Gasteiger partial charge in [-0.2, -0.15) is 0 Å². The van der Waals surface area contributed by atoms with Gasteiger partial charge >= 0.3 is 0 Å². The number of halogens is 1. The van der Waals surface area contributed by atoms with Crippen molar-refractivity contribution in [3.63, 3.8) is 0 Å². The molecule has 0 radical (unpaired) electrons. The van der Waals surface area contributed by atoms with Gasteiger partial charge in [-0.1, -0.05) is 37.3 Å². The molecule has 0 aliphatic carbocycles. The zero-order valence-corrected chi connectivity index (χ0v) is 16.3. The summed E-state index contributed by atoms with van der Waals surface area (Å²) in [5.41, 5.74) is 1.28. The Bertz CT molecular complexity index is 697. The SMILES string of the molecule is COc1cc(-c2ccccc2)sc1C(=O)NCC1(C)CCNCC1.Cl. The van der Waals surface area contributed by atoms with Crippen molar-refractivity contribution in [2.24, 2.45) is 5.41 Å². The average molecular weight is 381 g/mol. The molecule has 0 atom stereocenters. The fourth-order valence-corrected chi connectivity index (χ4v) is 4.06. The molecule has 4 nitrogen and oxygen atoms in total. The van der Waals surface area contributed by atoms with E-state index < -0.39 is 0 Å². The number of carbonyl (C=O) groups excluding carboxylic acids is 1. The van der Waals surface area contributed by atoms with Crippen LogP contribution in [-0.2, 0) is 0 Å². The van der Waals surface area contributed by atoms with Gasteiger partial charge in [-0.05, 0) is 43.0 Å². The Morgan fingerprint density at radius 2 is 1.96 bits per heavy atom. The summed E-state index contributed by atoms with van der Waals surface area (Å²) in [4.78, 5) is 14.4. The molecule has 1 aromatic heterocycles. The molecule has 3 rings (SSSR count). The Balaban J connectivity index is 0.00000225. The van der Waals surface area contributed by atoms with Gasteiger partial charge in [0.05, 0.1) is 7.11 Å². The minimum atomic E-state index is -0.0428. The van der Waals surface area contributed by atoms with E-state index in [4.69, 9.17) is 4.74 Å². The van der Waals surface area contributed by atoms with Gasteiger partial charge in [-0.15, -0.1) is 23.7 Å². The van der Waals surface area contributed by atoms with Gasteiger partial charge in [-0.3, -0.25) is 4.79 Å². The Morgan fingerprint density at radius 3 is 2.60 bits per heavy atom. The molecular formula is C19H25ClN2O2S. The fraction of sp³-hybridized carbons (Fsp3) is 0.421. The topological polar surface area (TPSA) is 50.4 Å². The lowest BCUT2D eigenvalue weighted by atomic mass is 9.81. The van der Waals surface area contributed by atoms with Crippen molar-refractivity contribution in [3.05, 3.63) is 41.3 Å². The van der Waals surface area contributed by atoms with Crippen molar-refractivity contribution in [3.8, 4) is 16.2 Å². The number of nitrogens with one attached hydrogen (secondary N) is 2. The van der Waals surface area contributed by atoms with Gasteiger partial charge in [0, 0.05) is 11.4 Å². The van der Waals surface area contributed by atoms with E-state index in [1.165, 1.54) is 11.3 Å². The van der Waals surface area contributed by atoms with Crippen LogP contribution in [0.15, 0.2) is 36.4 Å². The zero-order chi connectivity index (χ0) is 17.0. The highest BCUT2D eigenvalue weighted by Crippen LogP contribution is 2.36. The molecule has 1 aliphatic rings. The van der Waals surface area contributed by atoms with Crippen LogP contribution in [-0.4, -0.2) is 32.7 Å². The fourth-order valence-electron chi connectivity index (χ4n) is 3.01. The number of carbonyl (C=O) groups is 1. The van der Waals surface area contributed by atoms with Gasteiger partial charge in [0.1, 0.15) is 10.6 Å². The molecule has 25 heavy (non-hydrogen) atoms. The number of thiophene rings is 1. The Morgan fingerprint density at radius 1 is 1.28 bits per heavy atom. The molecule has 6 heteroatoms. The number of ether oxygens (including phenoxy) is 1. The standard InChI is InChI=1S/C19H24N2O2S.ClH/c1-19(8-10-20-11-9-19)13-21-18(22)17-15(23-2)12-16(24-17)14-6-4-3-5-7-14;/h3-7,12,20H,8-11,13H2,1-2H3,(H,21,22);1H. The molecule has 2 aromatic rings. The molecule has 0 bridgehead atoms. The van der Waals surface area contributed by atoms with E-state index in [1.807, 2.05) is 36.4 Å². The van der Waals surface area contributed by atoms with Crippen molar-refractivity contribution in [1.29, 1.82) is 0 Å². The maximum absolute atomic E-state index is 12.7. The second kappa shape index (κ2) is 8.70. The average Bonchev–Trinajstić information content (AvgIpc) is 3.06. The maximum atomic E-state index is 12.7. The van der Waals surface area contributed by atoms with Gasteiger partial charge in [0.25, 0.3) is 5.91 Å². The lowest BCUT2D eigenvalue weighted by molar-refractivity contribution is 0.0923. The second-order valence-corrected chi connectivity index (χ2v) is 7.67. The third kappa shape index (κ3) is 4.75. The van der Waals surface area contributed by atoms with Gasteiger partial charge < -0.3 is 15.4 Å². The van der Waals surface area contributed by atoms with Crippen molar-refractivity contribution in [2.75, 3.05) is 26.7 Å². The van der Waals surface area contributed by atoms with E-state index in [1.54, 1.807) is 7.11 Å². The van der Waals surface area contributed by atoms with Crippen LogP contribution >= 0.6 is 23.7 Å². The summed E-state index contributed by atoms with van der Waals surface area (Å²) in [5.74, 6) is 0.602. The van der Waals surface area contributed by atoms with Crippen LogP contribution in [0.5, 0.6) is 5.75 Å². The molecule has 1 aromatic carbocycles. The molecule has 1 saturated heterocycles. The van der Waals surface area contributed by atoms with Crippen LogP contribution in [0.3, 0.4) is 0 Å². The van der Waals surface area contributed by atoms with E-state index in [0.717, 1.165) is 36.4 Å². The van der Waals surface area contributed by atoms with E-state index in [9.17, 15) is 4.79 Å². The van der Waals surface area contributed by atoms with E-state index >= 15 is 0 Å². The van der Waals surface area contributed by atoms with Crippen molar-refractivity contribution < 1.29 is 9.53 Å². The zero-order valence-electron chi connectivity index (χ0n) is 14.6. The predicted molar refractivity (Wildman–Crippen MR) is 106 cm³/mol. The first kappa shape index (κ1) is 19.8. The quantitative estimate of drug-likeness (QED) is 0.825. The molecule has 2 heterocycles. The van der Waals surface area contributed by atoms with E-state index in [-0.39, 0.29) is 23.7 Å². The van der Waals surface area contributed by atoms with Crippen LogP contribution in [0.25, 0.3) is 10.4 Å². The second-order valence-electron chi connectivity index (χ2n) is 6.62. The number of amides is 1. The first-order valence-corrected chi connectivity index (χ1v) is 9.15. The molecule has 136 valence electrons. The Kier molecular flexibility index (Phi) is 6.87. The molecule has 0 saturated carbocycles. The number of piperidine rings is 1. The van der Waals surface area contributed by atoms with Crippen LogP contribution in [0.4, 0.5) is 0 Å². The smallest absolute Gasteiger partial charge is 0.265 e. The summed E-state index contributed by atoms with van der Waals surface area (Å²) >= 11 is 1.48. The number of hydrogen-bond donors (Lipinski definition) is 2. The summed E-state index contributed by atoms with van der Waals surface area (Å²) in [6.45, 7) is 4.99.